The summed E-state index contributed by atoms with van der Waals surface area (Å²) in [4.78, 5) is 38.2. The number of hydrogen-bond donors (Lipinski definition) is 2. The Morgan fingerprint density at radius 1 is 1.09 bits per heavy atom. The molecule has 0 radical (unpaired) electrons. The molecule has 2 N–H and O–H groups in total. The Kier molecular flexibility index (Phi) is 6.36. The molecule has 1 heterocycles. The molecule has 0 aromatic heterocycles. The molecule has 2 aromatic rings. The van der Waals surface area contributed by atoms with E-state index in [9.17, 15) is 14.4 Å². The van der Waals surface area contributed by atoms with E-state index in [1.165, 1.54) is 0 Å². The van der Waals surface area contributed by atoms with Gasteiger partial charge < -0.3 is 24.8 Å². The first-order chi connectivity index (χ1) is 16.2. The molecule has 2 amide bonds. The zero-order chi connectivity index (χ0) is 24.5. The summed E-state index contributed by atoms with van der Waals surface area (Å²) in [5.41, 5.74) is 2.68. The fourth-order valence-corrected chi connectivity index (χ4v) is 4.73. The number of nitrogens with zero attached hydrogens (tertiary/aromatic N) is 1. The van der Waals surface area contributed by atoms with Gasteiger partial charge in [-0.15, -0.1) is 0 Å². The molecule has 0 spiro atoms. The van der Waals surface area contributed by atoms with Gasteiger partial charge in [-0.1, -0.05) is 55.5 Å². The van der Waals surface area contributed by atoms with Crippen LogP contribution in [-0.2, 0) is 19.1 Å². The van der Waals surface area contributed by atoms with E-state index in [0.717, 1.165) is 22.3 Å². The number of carboxylic acid groups (broad SMARTS) is 1. The largest absolute Gasteiger partial charge is 0.480 e. The number of carbonyl (C=O) groups is 3. The third kappa shape index (κ3) is 4.50. The number of nitrogens with one attached hydrogen (secondary N) is 1. The zero-order valence-electron chi connectivity index (χ0n) is 19.7. The fraction of sp³-hybridized carbons (Fsp3) is 0.423. The minimum Gasteiger partial charge on any atom is -0.480 e. The number of hydrogen-bond acceptors (Lipinski definition) is 5. The third-order valence-corrected chi connectivity index (χ3v) is 6.78. The van der Waals surface area contributed by atoms with E-state index in [1.54, 1.807) is 18.7 Å². The molecular weight excluding hydrogens is 436 g/mol. The molecule has 1 saturated heterocycles. The lowest BCUT2D eigenvalue weighted by atomic mass is 9.90. The Balaban J connectivity index is 1.37. The van der Waals surface area contributed by atoms with Crippen LogP contribution in [-0.4, -0.2) is 65.4 Å². The normalized spacial score (nSPS) is 17.7. The van der Waals surface area contributed by atoms with Crippen LogP contribution in [0.4, 0.5) is 4.79 Å². The van der Waals surface area contributed by atoms with Gasteiger partial charge in [0.1, 0.15) is 24.4 Å². The third-order valence-electron chi connectivity index (χ3n) is 6.78. The number of alkyl carbamates (subject to hydrolysis) is 1. The maximum atomic E-state index is 13.1. The van der Waals surface area contributed by atoms with E-state index in [2.05, 4.69) is 17.4 Å². The van der Waals surface area contributed by atoms with Gasteiger partial charge in [0.15, 0.2) is 0 Å². The number of carbonyl (C=O) groups excluding carboxylic acids is 2. The second kappa shape index (κ2) is 9.10. The molecule has 1 aliphatic carbocycles. The van der Waals surface area contributed by atoms with Gasteiger partial charge in [-0.05, 0) is 42.5 Å². The summed E-state index contributed by atoms with van der Waals surface area (Å²) < 4.78 is 11.0. The van der Waals surface area contributed by atoms with Crippen LogP contribution in [0, 0.1) is 0 Å². The molecule has 8 heteroatoms. The van der Waals surface area contributed by atoms with Crippen LogP contribution < -0.4 is 5.32 Å². The molecule has 1 aliphatic heterocycles. The lowest BCUT2D eigenvalue weighted by Gasteiger charge is -2.49. The summed E-state index contributed by atoms with van der Waals surface area (Å²) in [7, 11) is 0. The first-order valence-electron chi connectivity index (χ1n) is 11.4. The van der Waals surface area contributed by atoms with Gasteiger partial charge in [-0.25, -0.2) is 9.59 Å². The van der Waals surface area contributed by atoms with Crippen molar-refractivity contribution in [3.63, 3.8) is 0 Å². The molecule has 2 aromatic carbocycles. The maximum Gasteiger partial charge on any atom is 0.408 e. The standard InChI is InChI=1S/C26H30N2O6/c1-4-26(3,23(31)28-15-25(2,16-28)34-14-22(29)30)27-24(32)33-13-21-19-11-7-5-9-17(19)18-10-6-8-12-20(18)21/h5-12,21H,4,13-16H2,1-3H3,(H,27,32)(H,29,30). The maximum absolute atomic E-state index is 13.1. The molecule has 2 aliphatic rings. The van der Waals surface area contributed by atoms with Gasteiger partial charge in [0.05, 0.1) is 13.1 Å². The van der Waals surface area contributed by atoms with Crippen molar-refractivity contribution in [3.8, 4) is 11.1 Å². The van der Waals surface area contributed by atoms with Crippen molar-refractivity contribution in [1.29, 1.82) is 0 Å². The van der Waals surface area contributed by atoms with Crippen molar-refractivity contribution in [3.05, 3.63) is 59.7 Å². The van der Waals surface area contributed by atoms with Gasteiger partial charge in [0, 0.05) is 5.92 Å². The highest BCUT2D eigenvalue weighted by atomic mass is 16.5. The van der Waals surface area contributed by atoms with Crippen LogP contribution in [0.3, 0.4) is 0 Å². The smallest absolute Gasteiger partial charge is 0.408 e. The average Bonchev–Trinajstić information content (AvgIpc) is 3.13. The predicted molar refractivity (Wildman–Crippen MR) is 125 cm³/mol. The Labute approximate surface area is 198 Å². The molecule has 4 rings (SSSR count). The molecule has 1 atom stereocenters. The molecule has 180 valence electrons. The van der Waals surface area contributed by atoms with Gasteiger partial charge in [0.2, 0.25) is 5.91 Å². The highest BCUT2D eigenvalue weighted by Gasteiger charge is 2.48. The van der Waals surface area contributed by atoms with E-state index >= 15 is 0 Å². The monoisotopic (exact) mass is 466 g/mol. The minimum absolute atomic E-state index is 0.0655. The number of carboxylic acids is 1. The van der Waals surface area contributed by atoms with Crippen molar-refractivity contribution in [2.24, 2.45) is 0 Å². The van der Waals surface area contributed by atoms with Crippen molar-refractivity contribution in [1.82, 2.24) is 10.2 Å². The number of benzene rings is 2. The molecule has 34 heavy (non-hydrogen) atoms. The van der Waals surface area contributed by atoms with E-state index in [0.29, 0.717) is 6.42 Å². The molecule has 8 nitrogen and oxygen atoms in total. The quantitative estimate of drug-likeness (QED) is 0.618. The van der Waals surface area contributed by atoms with Crippen LogP contribution in [0.1, 0.15) is 44.2 Å². The van der Waals surface area contributed by atoms with Crippen LogP contribution in [0.25, 0.3) is 11.1 Å². The van der Waals surface area contributed by atoms with Gasteiger partial charge in [0.25, 0.3) is 0 Å². The Morgan fingerprint density at radius 2 is 1.65 bits per heavy atom. The summed E-state index contributed by atoms with van der Waals surface area (Å²) in [6.45, 7) is 5.54. The van der Waals surface area contributed by atoms with Gasteiger partial charge in [-0.2, -0.15) is 0 Å². The fourth-order valence-electron chi connectivity index (χ4n) is 4.73. The van der Waals surface area contributed by atoms with Gasteiger partial charge >= 0.3 is 12.1 Å². The summed E-state index contributed by atoms with van der Waals surface area (Å²) >= 11 is 0. The Hall–Kier alpha value is -3.39. The van der Waals surface area contributed by atoms with E-state index < -0.39 is 29.8 Å². The van der Waals surface area contributed by atoms with E-state index in [-0.39, 0.29) is 31.5 Å². The highest BCUT2D eigenvalue weighted by molar-refractivity contribution is 5.90. The average molecular weight is 467 g/mol. The van der Waals surface area contributed by atoms with Crippen LogP contribution in [0.15, 0.2) is 48.5 Å². The molecule has 1 fully saturated rings. The number of amides is 2. The lowest BCUT2D eigenvalue weighted by molar-refractivity contribution is -0.176. The number of aliphatic carboxylic acids is 1. The number of ether oxygens (including phenoxy) is 2. The zero-order valence-corrected chi connectivity index (χ0v) is 19.7. The lowest BCUT2D eigenvalue weighted by Crippen LogP contribution is -2.69. The van der Waals surface area contributed by atoms with Crippen molar-refractivity contribution in [2.45, 2.75) is 44.2 Å². The first kappa shape index (κ1) is 23.8. The topological polar surface area (TPSA) is 105 Å². The second-order valence-electron chi connectivity index (χ2n) is 9.43. The van der Waals surface area contributed by atoms with Crippen molar-refractivity contribution >= 4 is 18.0 Å². The van der Waals surface area contributed by atoms with Crippen molar-refractivity contribution in [2.75, 3.05) is 26.3 Å². The Bertz CT molecular complexity index is 1060. The molecular formula is C26H30N2O6. The predicted octanol–water partition coefficient (Wildman–Crippen LogP) is 3.40. The number of likely N-dealkylation sites (tertiary alicyclic amines) is 1. The Morgan fingerprint density at radius 3 is 2.18 bits per heavy atom. The SMILES string of the molecule is CCC(C)(NC(=O)OCC1c2ccccc2-c2ccccc21)C(=O)N1CC(C)(OCC(=O)O)C1. The summed E-state index contributed by atoms with van der Waals surface area (Å²) in [5.74, 6) is -1.37. The number of rotatable bonds is 8. The molecule has 1 unspecified atom stereocenters. The number of fused-ring (bicyclic) bond motifs is 3. The minimum atomic E-state index is -1.14. The van der Waals surface area contributed by atoms with E-state index in [4.69, 9.17) is 14.6 Å². The summed E-state index contributed by atoms with van der Waals surface area (Å²) in [6, 6.07) is 16.2. The second-order valence-corrected chi connectivity index (χ2v) is 9.43. The molecule has 0 saturated carbocycles. The van der Waals surface area contributed by atoms with Crippen molar-refractivity contribution < 1.29 is 29.0 Å². The van der Waals surface area contributed by atoms with Crippen LogP contribution in [0.2, 0.25) is 0 Å². The first-order valence-corrected chi connectivity index (χ1v) is 11.4. The highest BCUT2D eigenvalue weighted by Crippen LogP contribution is 2.44. The summed E-state index contributed by atoms with van der Waals surface area (Å²) in [5, 5.41) is 11.6. The van der Waals surface area contributed by atoms with E-state index in [1.807, 2.05) is 43.3 Å². The van der Waals surface area contributed by atoms with Crippen LogP contribution >= 0.6 is 0 Å². The molecule has 0 bridgehead atoms. The van der Waals surface area contributed by atoms with Crippen LogP contribution in [0.5, 0.6) is 0 Å². The van der Waals surface area contributed by atoms with Gasteiger partial charge in [-0.3, -0.25) is 4.79 Å². The summed E-state index contributed by atoms with van der Waals surface area (Å²) in [6.07, 6.45) is -0.274.